The number of piperidine rings is 1. The number of hydrogen-bond donors (Lipinski definition) is 0. The fourth-order valence-electron chi connectivity index (χ4n) is 2.81. The summed E-state index contributed by atoms with van der Waals surface area (Å²) in [4.78, 5) is 15.1. The first-order valence-corrected chi connectivity index (χ1v) is 7.79. The van der Waals surface area contributed by atoms with E-state index < -0.39 is 0 Å². The molecule has 1 unspecified atom stereocenters. The summed E-state index contributed by atoms with van der Waals surface area (Å²) in [6, 6.07) is 8.01. The lowest BCUT2D eigenvalue weighted by Crippen LogP contribution is -2.44. The van der Waals surface area contributed by atoms with Crippen LogP contribution >= 0.6 is 15.9 Å². The van der Waals surface area contributed by atoms with Crippen LogP contribution < -0.4 is 4.74 Å². The van der Waals surface area contributed by atoms with E-state index in [-0.39, 0.29) is 11.8 Å². The first-order chi connectivity index (χ1) is 9.24. The van der Waals surface area contributed by atoms with Crippen LogP contribution in [-0.2, 0) is 11.2 Å². The Morgan fingerprint density at radius 2 is 2.00 bits per heavy atom. The minimum absolute atomic E-state index is 0.0122. The zero-order valence-electron chi connectivity index (χ0n) is 10.8. The van der Waals surface area contributed by atoms with Gasteiger partial charge in [0.1, 0.15) is 12.4 Å². The number of nitrogens with zero attached hydrogens (tertiary/aromatic N) is 1. The Morgan fingerprint density at radius 1 is 1.26 bits per heavy atom. The number of carbonyl (C=O) groups excluding carboxylic acids is 1. The highest BCUT2D eigenvalue weighted by Gasteiger charge is 2.31. The molecule has 19 heavy (non-hydrogen) atoms. The molecule has 1 saturated heterocycles. The van der Waals surface area contributed by atoms with Gasteiger partial charge in [0, 0.05) is 17.9 Å². The molecule has 1 aromatic rings. The molecule has 2 aliphatic heterocycles. The van der Waals surface area contributed by atoms with Gasteiger partial charge in [0.2, 0.25) is 5.91 Å². The highest BCUT2D eigenvalue weighted by Crippen LogP contribution is 2.28. The molecule has 1 amide bonds. The maximum absolute atomic E-state index is 12.5. The summed E-state index contributed by atoms with van der Waals surface area (Å²) in [5.74, 6) is 1.18. The molecule has 3 rings (SSSR count). The summed E-state index contributed by atoms with van der Waals surface area (Å²) in [7, 11) is 0. The number of hydrogen-bond acceptors (Lipinski definition) is 2. The molecule has 1 fully saturated rings. The van der Waals surface area contributed by atoms with Gasteiger partial charge in [0.15, 0.2) is 0 Å². The van der Waals surface area contributed by atoms with Crippen molar-refractivity contribution in [2.24, 2.45) is 5.92 Å². The summed E-state index contributed by atoms with van der Waals surface area (Å²) in [5, 5.41) is 0. The number of amides is 1. The van der Waals surface area contributed by atoms with Gasteiger partial charge in [-0.15, -0.1) is 0 Å². The Bertz CT molecular complexity index is 469. The largest absolute Gasteiger partial charge is 0.492 e. The average Bonchev–Trinajstić information content (AvgIpc) is 2.47. The first kappa shape index (κ1) is 13.0. The van der Waals surface area contributed by atoms with Crippen LogP contribution in [0.3, 0.4) is 0 Å². The molecule has 102 valence electrons. The molecule has 0 aromatic heterocycles. The summed E-state index contributed by atoms with van der Waals surface area (Å²) in [5.41, 5.74) is 1.16. The average molecular weight is 324 g/mol. The van der Waals surface area contributed by atoms with E-state index in [1.165, 1.54) is 0 Å². The number of halogens is 1. The van der Waals surface area contributed by atoms with Gasteiger partial charge in [-0.25, -0.2) is 0 Å². The van der Waals surface area contributed by atoms with E-state index >= 15 is 0 Å². The van der Waals surface area contributed by atoms with Crippen molar-refractivity contribution in [2.45, 2.75) is 24.1 Å². The van der Waals surface area contributed by atoms with E-state index in [1.54, 1.807) is 0 Å². The molecular formula is C15H18BrNO2. The smallest absolute Gasteiger partial charge is 0.229 e. The fourth-order valence-corrected chi connectivity index (χ4v) is 3.22. The lowest BCUT2D eigenvalue weighted by atomic mass is 9.95. The predicted molar refractivity (Wildman–Crippen MR) is 77.7 cm³/mol. The molecule has 0 aliphatic carbocycles. The third-order valence-electron chi connectivity index (χ3n) is 3.96. The second-order valence-corrected chi connectivity index (χ2v) is 6.61. The summed E-state index contributed by atoms with van der Waals surface area (Å²) >= 11 is 3.62. The van der Waals surface area contributed by atoms with E-state index in [0.717, 1.165) is 43.7 Å². The van der Waals surface area contributed by atoms with Gasteiger partial charge in [-0.3, -0.25) is 4.79 Å². The molecule has 0 radical (unpaired) electrons. The maximum Gasteiger partial charge on any atom is 0.229 e. The standard InChI is InChI=1S/C15H18BrNO2/c16-13-5-7-17(8-6-13)15(18)12-9-11-3-1-2-4-14(11)19-10-12/h1-4,12-13H,5-10H2. The normalized spacial score (nSPS) is 23.6. The van der Waals surface area contributed by atoms with Crippen LogP contribution in [0.25, 0.3) is 0 Å². The first-order valence-electron chi connectivity index (χ1n) is 6.87. The topological polar surface area (TPSA) is 29.5 Å². The third-order valence-corrected chi connectivity index (χ3v) is 4.88. The molecule has 0 saturated carbocycles. The summed E-state index contributed by atoms with van der Waals surface area (Å²) in [6.45, 7) is 2.25. The summed E-state index contributed by atoms with van der Waals surface area (Å²) in [6.07, 6.45) is 2.91. The molecule has 0 N–H and O–H groups in total. The van der Waals surface area contributed by atoms with Crippen molar-refractivity contribution in [3.8, 4) is 5.75 Å². The minimum Gasteiger partial charge on any atom is -0.492 e. The molecule has 1 atom stereocenters. The Hall–Kier alpha value is -1.03. The second-order valence-electron chi connectivity index (χ2n) is 5.32. The van der Waals surface area contributed by atoms with Crippen LogP contribution in [0.4, 0.5) is 0 Å². The number of alkyl halides is 1. The van der Waals surface area contributed by atoms with Crippen molar-refractivity contribution in [1.82, 2.24) is 4.90 Å². The molecule has 1 aromatic carbocycles. The number of likely N-dealkylation sites (tertiary alicyclic amines) is 1. The van der Waals surface area contributed by atoms with Crippen LogP contribution in [0, 0.1) is 5.92 Å². The number of carbonyl (C=O) groups is 1. The lowest BCUT2D eigenvalue weighted by molar-refractivity contribution is -0.137. The predicted octanol–water partition coefficient (Wildman–Crippen LogP) is 2.62. The van der Waals surface area contributed by atoms with E-state index in [4.69, 9.17) is 4.74 Å². The van der Waals surface area contributed by atoms with Crippen LogP contribution in [0.15, 0.2) is 24.3 Å². The zero-order chi connectivity index (χ0) is 13.2. The highest BCUT2D eigenvalue weighted by atomic mass is 79.9. The number of para-hydroxylation sites is 1. The van der Waals surface area contributed by atoms with Crippen molar-refractivity contribution in [3.63, 3.8) is 0 Å². The third kappa shape index (κ3) is 2.78. The number of benzene rings is 1. The van der Waals surface area contributed by atoms with Gasteiger partial charge in [0.25, 0.3) is 0 Å². The fraction of sp³-hybridized carbons (Fsp3) is 0.533. The quantitative estimate of drug-likeness (QED) is 0.743. The van der Waals surface area contributed by atoms with Gasteiger partial charge in [-0.2, -0.15) is 0 Å². The van der Waals surface area contributed by atoms with Crippen molar-refractivity contribution >= 4 is 21.8 Å². The van der Waals surface area contributed by atoms with Crippen LogP contribution in [-0.4, -0.2) is 35.3 Å². The Kier molecular flexibility index (Phi) is 3.78. The van der Waals surface area contributed by atoms with Crippen molar-refractivity contribution in [1.29, 1.82) is 0 Å². The van der Waals surface area contributed by atoms with Crippen molar-refractivity contribution < 1.29 is 9.53 Å². The van der Waals surface area contributed by atoms with Gasteiger partial charge in [-0.05, 0) is 30.9 Å². The van der Waals surface area contributed by atoms with Gasteiger partial charge < -0.3 is 9.64 Å². The maximum atomic E-state index is 12.5. The van der Waals surface area contributed by atoms with Gasteiger partial charge in [-0.1, -0.05) is 34.1 Å². The summed E-state index contributed by atoms with van der Waals surface area (Å²) < 4.78 is 5.71. The SMILES string of the molecule is O=C(C1COc2ccccc2C1)N1CCC(Br)CC1. The molecule has 4 heteroatoms. The number of ether oxygens (including phenoxy) is 1. The van der Waals surface area contributed by atoms with E-state index in [1.807, 2.05) is 23.1 Å². The monoisotopic (exact) mass is 323 g/mol. The Labute approximate surface area is 122 Å². The van der Waals surface area contributed by atoms with E-state index in [2.05, 4.69) is 22.0 Å². The van der Waals surface area contributed by atoms with Crippen LogP contribution in [0.2, 0.25) is 0 Å². The lowest BCUT2D eigenvalue weighted by Gasteiger charge is -2.34. The molecule has 2 aliphatic rings. The molecule has 0 spiro atoms. The Balaban J connectivity index is 1.66. The molecule has 3 nitrogen and oxygen atoms in total. The van der Waals surface area contributed by atoms with Crippen molar-refractivity contribution in [3.05, 3.63) is 29.8 Å². The van der Waals surface area contributed by atoms with E-state index in [9.17, 15) is 4.79 Å². The van der Waals surface area contributed by atoms with E-state index in [0.29, 0.717) is 11.4 Å². The van der Waals surface area contributed by atoms with Gasteiger partial charge >= 0.3 is 0 Å². The van der Waals surface area contributed by atoms with Crippen LogP contribution in [0.5, 0.6) is 5.75 Å². The number of fused-ring (bicyclic) bond motifs is 1. The highest BCUT2D eigenvalue weighted by molar-refractivity contribution is 9.09. The van der Waals surface area contributed by atoms with Crippen LogP contribution in [0.1, 0.15) is 18.4 Å². The molecular weight excluding hydrogens is 306 g/mol. The van der Waals surface area contributed by atoms with Gasteiger partial charge in [0.05, 0.1) is 5.92 Å². The number of rotatable bonds is 1. The van der Waals surface area contributed by atoms with Crippen molar-refractivity contribution in [2.75, 3.05) is 19.7 Å². The second kappa shape index (κ2) is 5.53. The molecule has 2 heterocycles. The zero-order valence-corrected chi connectivity index (χ0v) is 12.4. The Morgan fingerprint density at radius 3 is 2.79 bits per heavy atom. The minimum atomic E-state index is -0.0122. The molecule has 0 bridgehead atoms.